The van der Waals surface area contributed by atoms with Gasteiger partial charge in [-0.3, -0.25) is 4.99 Å². The first-order valence-electron chi connectivity index (χ1n) is 9.31. The molecule has 0 amide bonds. The highest BCUT2D eigenvalue weighted by atomic mass is 32.2. The average Bonchev–Trinajstić information content (AvgIpc) is 3.35. The number of guanidine groups is 1. The average molecular weight is 398 g/mol. The lowest BCUT2D eigenvalue weighted by atomic mass is 10.1. The van der Waals surface area contributed by atoms with E-state index in [0.717, 1.165) is 37.2 Å². The summed E-state index contributed by atoms with van der Waals surface area (Å²) < 4.78 is 34.0. The number of anilines is 1. The summed E-state index contributed by atoms with van der Waals surface area (Å²) in [6, 6.07) is 7.69. The Morgan fingerprint density at radius 1 is 1.30 bits per heavy atom. The maximum atomic E-state index is 11.6. The van der Waals surface area contributed by atoms with Crippen LogP contribution in [0.15, 0.2) is 29.3 Å². The molecule has 0 bridgehead atoms. The van der Waals surface area contributed by atoms with Crippen molar-refractivity contribution in [2.45, 2.75) is 26.2 Å². The Kier molecular flexibility index (Phi) is 7.91. The van der Waals surface area contributed by atoms with E-state index in [4.69, 9.17) is 9.47 Å². The normalized spacial score (nSPS) is 16.0. The molecule has 152 valence electrons. The molecule has 8 heteroatoms. The van der Waals surface area contributed by atoms with E-state index >= 15 is 0 Å². The summed E-state index contributed by atoms with van der Waals surface area (Å²) in [6.07, 6.45) is 3.95. The minimum atomic E-state index is -2.99. The zero-order valence-electron chi connectivity index (χ0n) is 16.5. The molecule has 0 radical (unpaired) electrons. The van der Waals surface area contributed by atoms with E-state index in [1.165, 1.54) is 6.26 Å². The summed E-state index contributed by atoms with van der Waals surface area (Å²) in [5.41, 5.74) is 0.675. The minimum Gasteiger partial charge on any atom is -0.493 e. The third-order valence-corrected chi connectivity index (χ3v) is 5.44. The molecule has 0 aliphatic heterocycles. The SMILES string of the molecule is CCNC(=NCC1(CS(C)(=O)=O)CC1)Nc1cccc(OCCCOC)c1. The Balaban J connectivity index is 1.97. The topological polar surface area (TPSA) is 89.0 Å². The standard InChI is InChI=1S/C19H31N3O4S/c1-4-20-18(21-14-19(9-10-19)15-27(3,23)24)22-16-7-5-8-17(13-16)26-12-6-11-25-2/h5,7-8,13H,4,6,9-12,14-15H2,1-3H3,(H2,20,21,22). The van der Waals surface area contributed by atoms with Crippen LogP contribution in [0.3, 0.4) is 0 Å². The molecule has 0 heterocycles. The zero-order valence-corrected chi connectivity index (χ0v) is 17.3. The molecule has 0 spiro atoms. The van der Waals surface area contributed by atoms with Gasteiger partial charge < -0.3 is 20.1 Å². The van der Waals surface area contributed by atoms with Crippen molar-refractivity contribution in [3.8, 4) is 5.75 Å². The van der Waals surface area contributed by atoms with Crippen molar-refractivity contribution in [1.82, 2.24) is 5.32 Å². The van der Waals surface area contributed by atoms with Crippen molar-refractivity contribution in [3.63, 3.8) is 0 Å². The summed E-state index contributed by atoms with van der Waals surface area (Å²) >= 11 is 0. The molecule has 0 saturated heterocycles. The molecule has 1 aliphatic rings. The molecule has 2 rings (SSSR count). The van der Waals surface area contributed by atoms with Gasteiger partial charge in [0.05, 0.1) is 12.4 Å². The molecule has 1 aliphatic carbocycles. The molecule has 7 nitrogen and oxygen atoms in total. The van der Waals surface area contributed by atoms with Gasteiger partial charge in [-0.2, -0.15) is 0 Å². The molecule has 0 aromatic heterocycles. The van der Waals surface area contributed by atoms with Crippen LogP contribution in [0.4, 0.5) is 5.69 Å². The number of methoxy groups -OCH3 is 1. The van der Waals surface area contributed by atoms with E-state index in [-0.39, 0.29) is 11.2 Å². The first-order chi connectivity index (χ1) is 12.9. The number of benzene rings is 1. The van der Waals surface area contributed by atoms with Gasteiger partial charge in [-0.1, -0.05) is 6.07 Å². The number of aliphatic imine (C=N–C) groups is 1. The highest BCUT2D eigenvalue weighted by Gasteiger charge is 2.45. The van der Waals surface area contributed by atoms with Crippen LogP contribution < -0.4 is 15.4 Å². The summed E-state index contributed by atoms with van der Waals surface area (Å²) in [4.78, 5) is 4.62. The number of rotatable bonds is 11. The molecule has 1 aromatic rings. The fourth-order valence-electron chi connectivity index (χ4n) is 2.83. The Bertz CT molecular complexity index is 730. The fourth-order valence-corrected chi connectivity index (χ4v) is 4.32. The molecular formula is C19H31N3O4S. The second-order valence-electron chi connectivity index (χ2n) is 7.11. The van der Waals surface area contributed by atoms with Crippen LogP contribution in [0.2, 0.25) is 0 Å². The van der Waals surface area contributed by atoms with Crippen molar-refractivity contribution < 1.29 is 17.9 Å². The van der Waals surface area contributed by atoms with Gasteiger partial charge in [-0.05, 0) is 31.9 Å². The van der Waals surface area contributed by atoms with Crippen LogP contribution in [0.1, 0.15) is 26.2 Å². The maximum Gasteiger partial charge on any atom is 0.195 e. The van der Waals surface area contributed by atoms with Crippen LogP contribution in [0.25, 0.3) is 0 Å². The molecular weight excluding hydrogens is 366 g/mol. The largest absolute Gasteiger partial charge is 0.493 e. The van der Waals surface area contributed by atoms with Gasteiger partial charge in [0.2, 0.25) is 0 Å². The third kappa shape index (κ3) is 8.17. The van der Waals surface area contributed by atoms with E-state index in [1.807, 2.05) is 31.2 Å². The van der Waals surface area contributed by atoms with Gasteiger partial charge in [0, 0.05) is 56.7 Å². The fraction of sp³-hybridized carbons (Fsp3) is 0.632. The van der Waals surface area contributed by atoms with Crippen LogP contribution in [-0.4, -0.2) is 59.8 Å². The lowest BCUT2D eigenvalue weighted by molar-refractivity contribution is 0.172. The smallest absolute Gasteiger partial charge is 0.195 e. The van der Waals surface area contributed by atoms with Gasteiger partial charge >= 0.3 is 0 Å². The Labute approximate surface area is 162 Å². The van der Waals surface area contributed by atoms with Gasteiger partial charge in [-0.15, -0.1) is 0 Å². The van der Waals surface area contributed by atoms with Gasteiger partial charge in [0.1, 0.15) is 15.6 Å². The molecule has 2 N–H and O–H groups in total. The first kappa shape index (κ1) is 21.5. The first-order valence-corrected chi connectivity index (χ1v) is 11.4. The number of hydrogen-bond donors (Lipinski definition) is 2. The van der Waals surface area contributed by atoms with Crippen molar-refractivity contribution in [3.05, 3.63) is 24.3 Å². The number of sulfone groups is 1. The Morgan fingerprint density at radius 2 is 2.07 bits per heavy atom. The molecule has 1 aromatic carbocycles. The van der Waals surface area contributed by atoms with Crippen molar-refractivity contribution >= 4 is 21.5 Å². The predicted octanol–water partition coefficient (Wildman–Crippen LogP) is 2.30. The zero-order chi connectivity index (χ0) is 19.8. The predicted molar refractivity (Wildman–Crippen MR) is 109 cm³/mol. The van der Waals surface area contributed by atoms with Crippen LogP contribution >= 0.6 is 0 Å². The Hall–Kier alpha value is -1.80. The molecule has 1 saturated carbocycles. The molecule has 0 unspecified atom stereocenters. The lowest BCUT2D eigenvalue weighted by Crippen LogP contribution is -2.32. The summed E-state index contributed by atoms with van der Waals surface area (Å²) in [6.45, 7) is 4.49. The van der Waals surface area contributed by atoms with Gasteiger partial charge in [0.25, 0.3) is 0 Å². The van der Waals surface area contributed by atoms with Crippen molar-refractivity contribution in [1.29, 1.82) is 0 Å². The maximum absolute atomic E-state index is 11.6. The summed E-state index contributed by atoms with van der Waals surface area (Å²) in [5, 5.41) is 6.48. The lowest BCUT2D eigenvalue weighted by Gasteiger charge is -2.15. The highest BCUT2D eigenvalue weighted by molar-refractivity contribution is 7.90. The Morgan fingerprint density at radius 3 is 2.70 bits per heavy atom. The van der Waals surface area contributed by atoms with E-state index in [0.29, 0.717) is 25.7 Å². The van der Waals surface area contributed by atoms with E-state index in [2.05, 4.69) is 15.6 Å². The number of hydrogen-bond acceptors (Lipinski definition) is 5. The number of ether oxygens (including phenoxy) is 2. The third-order valence-electron chi connectivity index (χ3n) is 4.30. The van der Waals surface area contributed by atoms with E-state index in [9.17, 15) is 8.42 Å². The second kappa shape index (κ2) is 9.94. The summed E-state index contributed by atoms with van der Waals surface area (Å²) in [5.74, 6) is 1.63. The monoisotopic (exact) mass is 397 g/mol. The molecule has 0 atom stereocenters. The van der Waals surface area contributed by atoms with Crippen molar-refractivity contribution in [2.24, 2.45) is 10.4 Å². The van der Waals surface area contributed by atoms with Crippen molar-refractivity contribution in [2.75, 3.05) is 50.7 Å². The van der Waals surface area contributed by atoms with E-state index < -0.39 is 9.84 Å². The van der Waals surface area contributed by atoms with Crippen LogP contribution in [-0.2, 0) is 14.6 Å². The molecule has 27 heavy (non-hydrogen) atoms. The number of nitrogens with one attached hydrogen (secondary N) is 2. The van der Waals surface area contributed by atoms with Gasteiger partial charge in [-0.25, -0.2) is 8.42 Å². The minimum absolute atomic E-state index is 0.192. The molecule has 1 fully saturated rings. The quantitative estimate of drug-likeness (QED) is 0.338. The second-order valence-corrected chi connectivity index (χ2v) is 9.25. The summed E-state index contributed by atoms with van der Waals surface area (Å²) in [7, 11) is -1.32. The van der Waals surface area contributed by atoms with Gasteiger partial charge in [0.15, 0.2) is 5.96 Å². The highest BCUT2D eigenvalue weighted by Crippen LogP contribution is 2.46. The van der Waals surface area contributed by atoms with Crippen LogP contribution in [0, 0.1) is 5.41 Å². The van der Waals surface area contributed by atoms with Crippen LogP contribution in [0.5, 0.6) is 5.75 Å². The number of nitrogens with zero attached hydrogens (tertiary/aromatic N) is 1. The van der Waals surface area contributed by atoms with E-state index in [1.54, 1.807) is 7.11 Å².